The number of esters is 1. The summed E-state index contributed by atoms with van der Waals surface area (Å²) in [5.41, 5.74) is 1.71. The lowest BCUT2D eigenvalue weighted by Crippen LogP contribution is -2.34. The zero-order chi connectivity index (χ0) is 24.8. The van der Waals surface area contributed by atoms with Gasteiger partial charge in [-0.1, -0.05) is 29.5 Å². The van der Waals surface area contributed by atoms with Gasteiger partial charge in [0.2, 0.25) is 5.01 Å². The molecular formula is C24H24FN5O4S. The van der Waals surface area contributed by atoms with E-state index in [9.17, 15) is 18.8 Å². The van der Waals surface area contributed by atoms with Gasteiger partial charge in [0, 0.05) is 17.9 Å². The summed E-state index contributed by atoms with van der Waals surface area (Å²) >= 11 is 1.11. The number of hydrogen-bond donors (Lipinski definition) is 2. The number of halogens is 1. The van der Waals surface area contributed by atoms with E-state index in [-0.39, 0.29) is 29.5 Å². The summed E-state index contributed by atoms with van der Waals surface area (Å²) in [4.78, 5) is 38.7. The molecule has 3 aromatic rings. The largest absolute Gasteiger partial charge is 0.466 e. The number of anilines is 2. The Labute approximate surface area is 205 Å². The molecule has 2 N–H and O–H groups in total. The first-order chi connectivity index (χ1) is 16.9. The number of amides is 3. The molecule has 1 unspecified atom stereocenters. The Balaban J connectivity index is 1.37. The van der Waals surface area contributed by atoms with Gasteiger partial charge in [0.15, 0.2) is 0 Å². The Hall–Kier alpha value is -3.86. The van der Waals surface area contributed by atoms with Gasteiger partial charge in [-0.25, -0.2) is 9.18 Å². The second-order valence-electron chi connectivity index (χ2n) is 7.87. The highest BCUT2D eigenvalue weighted by Gasteiger charge is 2.33. The minimum Gasteiger partial charge on any atom is -0.466 e. The predicted octanol–water partition coefficient (Wildman–Crippen LogP) is 4.40. The van der Waals surface area contributed by atoms with Crippen molar-refractivity contribution in [3.05, 3.63) is 69.9 Å². The van der Waals surface area contributed by atoms with Crippen LogP contribution in [0.1, 0.15) is 46.2 Å². The maximum Gasteiger partial charge on any atom is 0.322 e. The van der Waals surface area contributed by atoms with Crippen LogP contribution in [0.15, 0.2) is 48.5 Å². The topological polar surface area (TPSA) is 114 Å². The van der Waals surface area contributed by atoms with Crippen LogP contribution in [0, 0.1) is 5.82 Å². The van der Waals surface area contributed by atoms with Crippen LogP contribution in [0.4, 0.5) is 20.6 Å². The van der Waals surface area contributed by atoms with E-state index in [4.69, 9.17) is 4.74 Å². The molecule has 182 valence electrons. The molecule has 4 rings (SSSR count). The lowest BCUT2D eigenvalue weighted by molar-refractivity contribution is -0.142. The Morgan fingerprint density at radius 3 is 2.66 bits per heavy atom. The van der Waals surface area contributed by atoms with Crippen LogP contribution in [0.3, 0.4) is 0 Å². The second kappa shape index (κ2) is 11.0. The van der Waals surface area contributed by atoms with Gasteiger partial charge < -0.3 is 20.3 Å². The van der Waals surface area contributed by atoms with Crippen LogP contribution in [-0.4, -0.2) is 46.2 Å². The van der Waals surface area contributed by atoms with Gasteiger partial charge in [-0.3, -0.25) is 9.59 Å². The number of nitrogens with one attached hydrogen (secondary N) is 2. The molecule has 1 atom stereocenters. The van der Waals surface area contributed by atoms with Gasteiger partial charge in [-0.2, -0.15) is 0 Å². The Kier molecular flexibility index (Phi) is 7.66. The van der Waals surface area contributed by atoms with Crippen LogP contribution in [0.5, 0.6) is 0 Å². The third kappa shape index (κ3) is 6.18. The fraction of sp³-hybridized carbons (Fsp3) is 0.292. The molecular weight excluding hydrogens is 473 g/mol. The SMILES string of the molecule is CCOC(=O)Cc1ccc(NC(=O)N2CCCC2c2nnc(C(=O)Nc3cccc(F)c3)s2)cc1. The van der Waals surface area contributed by atoms with Crippen LogP contribution in [0.25, 0.3) is 0 Å². The Bertz CT molecular complexity index is 1220. The number of nitrogens with zero attached hydrogens (tertiary/aromatic N) is 3. The fourth-order valence-corrected chi connectivity index (χ4v) is 4.64. The van der Waals surface area contributed by atoms with E-state index in [0.717, 1.165) is 23.3 Å². The lowest BCUT2D eigenvalue weighted by atomic mass is 10.1. The normalized spacial score (nSPS) is 15.0. The summed E-state index contributed by atoms with van der Waals surface area (Å²) in [5, 5.41) is 14.3. The quantitative estimate of drug-likeness (QED) is 0.468. The molecule has 35 heavy (non-hydrogen) atoms. The zero-order valence-corrected chi connectivity index (χ0v) is 19.8. The first kappa shape index (κ1) is 24.3. The van der Waals surface area contributed by atoms with Crippen LogP contribution in [-0.2, 0) is 16.0 Å². The van der Waals surface area contributed by atoms with E-state index in [2.05, 4.69) is 20.8 Å². The molecule has 11 heteroatoms. The van der Waals surface area contributed by atoms with Crippen molar-refractivity contribution in [1.29, 1.82) is 0 Å². The third-order valence-corrected chi connectivity index (χ3v) is 6.40. The Morgan fingerprint density at radius 2 is 1.91 bits per heavy atom. The van der Waals surface area contributed by atoms with Crippen molar-refractivity contribution in [3.63, 3.8) is 0 Å². The monoisotopic (exact) mass is 497 g/mol. The summed E-state index contributed by atoms with van der Waals surface area (Å²) in [6.07, 6.45) is 1.66. The number of ether oxygens (including phenoxy) is 1. The molecule has 2 heterocycles. The first-order valence-corrected chi connectivity index (χ1v) is 12.0. The first-order valence-electron chi connectivity index (χ1n) is 11.2. The predicted molar refractivity (Wildman–Crippen MR) is 129 cm³/mol. The number of carbonyl (C=O) groups is 3. The number of hydrogen-bond acceptors (Lipinski definition) is 7. The number of likely N-dealkylation sites (tertiary alicyclic amines) is 1. The summed E-state index contributed by atoms with van der Waals surface area (Å²) < 4.78 is 18.3. The van der Waals surface area contributed by atoms with Gasteiger partial charge in [0.05, 0.1) is 19.1 Å². The molecule has 1 fully saturated rings. The molecule has 0 spiro atoms. The maximum atomic E-state index is 13.4. The molecule has 0 radical (unpaired) electrons. The number of benzene rings is 2. The number of carbonyl (C=O) groups excluding carboxylic acids is 3. The average molecular weight is 498 g/mol. The van der Waals surface area contributed by atoms with E-state index < -0.39 is 11.7 Å². The molecule has 1 saturated heterocycles. The zero-order valence-electron chi connectivity index (χ0n) is 19.0. The molecule has 0 saturated carbocycles. The highest BCUT2D eigenvalue weighted by molar-refractivity contribution is 7.13. The number of urea groups is 1. The molecule has 3 amide bonds. The highest BCUT2D eigenvalue weighted by atomic mass is 32.1. The van der Waals surface area contributed by atoms with Gasteiger partial charge >= 0.3 is 12.0 Å². The average Bonchev–Trinajstić information content (AvgIpc) is 3.50. The summed E-state index contributed by atoms with van der Waals surface area (Å²) in [5.74, 6) is -1.25. The van der Waals surface area contributed by atoms with Crippen molar-refractivity contribution in [2.75, 3.05) is 23.8 Å². The fourth-order valence-electron chi connectivity index (χ4n) is 3.76. The number of aromatic nitrogens is 2. The Morgan fingerprint density at radius 1 is 1.11 bits per heavy atom. The standard InChI is InChI=1S/C24H24FN5O4S/c1-2-34-20(31)13-15-8-10-17(11-9-15)27-24(33)30-12-4-7-19(30)22-28-29-23(35-22)21(32)26-18-6-3-5-16(25)14-18/h3,5-6,8-11,14,19H,2,4,7,12-13H2,1H3,(H,26,32)(H,27,33). The third-order valence-electron chi connectivity index (χ3n) is 5.38. The lowest BCUT2D eigenvalue weighted by Gasteiger charge is -2.23. The van der Waals surface area contributed by atoms with Crippen LogP contribution < -0.4 is 10.6 Å². The highest BCUT2D eigenvalue weighted by Crippen LogP contribution is 2.34. The van der Waals surface area contributed by atoms with E-state index in [1.165, 1.54) is 18.2 Å². The van der Waals surface area contributed by atoms with E-state index in [1.54, 1.807) is 42.2 Å². The maximum absolute atomic E-state index is 13.4. The molecule has 0 bridgehead atoms. The van der Waals surface area contributed by atoms with Crippen molar-refractivity contribution in [3.8, 4) is 0 Å². The molecule has 9 nitrogen and oxygen atoms in total. The summed E-state index contributed by atoms with van der Waals surface area (Å²) in [6.45, 7) is 2.63. The second-order valence-corrected chi connectivity index (χ2v) is 8.88. The molecule has 1 aliphatic heterocycles. The van der Waals surface area contributed by atoms with Crippen molar-refractivity contribution in [2.24, 2.45) is 0 Å². The van der Waals surface area contributed by atoms with Gasteiger partial charge in [0.25, 0.3) is 5.91 Å². The number of rotatable bonds is 7. The van der Waals surface area contributed by atoms with E-state index >= 15 is 0 Å². The molecule has 1 aromatic heterocycles. The van der Waals surface area contributed by atoms with Crippen molar-refractivity contribution in [1.82, 2.24) is 15.1 Å². The molecule has 2 aromatic carbocycles. The van der Waals surface area contributed by atoms with Crippen LogP contribution >= 0.6 is 11.3 Å². The minimum atomic E-state index is -0.490. The smallest absolute Gasteiger partial charge is 0.322 e. The van der Waals surface area contributed by atoms with Crippen molar-refractivity contribution < 1.29 is 23.5 Å². The van der Waals surface area contributed by atoms with E-state index in [0.29, 0.717) is 36.0 Å². The summed E-state index contributed by atoms with van der Waals surface area (Å²) in [6, 6.07) is 12.0. The van der Waals surface area contributed by atoms with Crippen molar-refractivity contribution >= 4 is 40.6 Å². The van der Waals surface area contributed by atoms with Gasteiger partial charge in [-0.15, -0.1) is 10.2 Å². The van der Waals surface area contributed by atoms with Crippen LogP contribution in [0.2, 0.25) is 0 Å². The minimum absolute atomic E-state index is 0.133. The van der Waals surface area contributed by atoms with Crippen molar-refractivity contribution in [2.45, 2.75) is 32.2 Å². The van der Waals surface area contributed by atoms with Gasteiger partial charge in [-0.05, 0) is 55.7 Å². The van der Waals surface area contributed by atoms with E-state index in [1.807, 2.05) is 0 Å². The summed E-state index contributed by atoms with van der Waals surface area (Å²) in [7, 11) is 0. The molecule has 1 aliphatic rings. The van der Waals surface area contributed by atoms with Gasteiger partial charge in [0.1, 0.15) is 10.8 Å². The molecule has 0 aliphatic carbocycles.